The maximum Gasteiger partial charge on any atom is 0.321 e. The molecule has 2 aromatic carbocycles. The number of hydrogen-bond donors (Lipinski definition) is 1. The zero-order valence-corrected chi connectivity index (χ0v) is 14.7. The molecule has 0 aliphatic rings. The molecule has 1 unspecified atom stereocenters. The van der Waals surface area contributed by atoms with Crippen LogP contribution in [0.1, 0.15) is 12.5 Å². The molecule has 0 aliphatic heterocycles. The minimum absolute atomic E-state index is 0.0282. The summed E-state index contributed by atoms with van der Waals surface area (Å²) in [6.45, 7) is 2.44. The SMILES string of the molecule is CC(C#N)CSc1ccccc1NC(=O)N(C)Cc1ccccc1. The fraction of sp³-hybridized carbons (Fsp3) is 0.263. The zero-order valence-electron chi connectivity index (χ0n) is 13.9. The molecule has 0 fully saturated rings. The first-order valence-corrected chi connectivity index (χ1v) is 8.76. The highest BCUT2D eigenvalue weighted by Crippen LogP contribution is 2.28. The maximum absolute atomic E-state index is 12.4. The second-order valence-corrected chi connectivity index (χ2v) is 6.67. The van der Waals surface area contributed by atoms with E-state index < -0.39 is 0 Å². The van der Waals surface area contributed by atoms with E-state index in [-0.39, 0.29) is 11.9 Å². The Labute approximate surface area is 147 Å². The van der Waals surface area contributed by atoms with Gasteiger partial charge in [0.15, 0.2) is 0 Å². The lowest BCUT2D eigenvalue weighted by molar-refractivity contribution is 0.220. The number of para-hydroxylation sites is 1. The van der Waals surface area contributed by atoms with Gasteiger partial charge in [0.25, 0.3) is 0 Å². The Morgan fingerprint density at radius 3 is 2.58 bits per heavy atom. The van der Waals surface area contributed by atoms with Gasteiger partial charge in [-0.3, -0.25) is 0 Å². The molecular formula is C19H21N3OS. The van der Waals surface area contributed by atoms with Crippen molar-refractivity contribution in [2.75, 3.05) is 18.1 Å². The van der Waals surface area contributed by atoms with Crippen molar-refractivity contribution in [2.45, 2.75) is 18.4 Å². The van der Waals surface area contributed by atoms with Crippen molar-refractivity contribution in [3.63, 3.8) is 0 Å². The number of hydrogen-bond acceptors (Lipinski definition) is 3. The topological polar surface area (TPSA) is 56.1 Å². The number of amides is 2. The molecule has 2 rings (SSSR count). The Morgan fingerprint density at radius 2 is 1.88 bits per heavy atom. The molecule has 0 spiro atoms. The Bertz CT molecular complexity index is 712. The lowest BCUT2D eigenvalue weighted by Gasteiger charge is -2.19. The molecule has 0 aromatic heterocycles. The van der Waals surface area contributed by atoms with E-state index in [2.05, 4.69) is 11.4 Å². The first kappa shape index (κ1) is 17.9. The molecule has 24 heavy (non-hydrogen) atoms. The van der Waals surface area contributed by atoms with Crippen molar-refractivity contribution in [2.24, 2.45) is 5.92 Å². The van der Waals surface area contributed by atoms with Gasteiger partial charge in [0.2, 0.25) is 0 Å². The highest BCUT2D eigenvalue weighted by atomic mass is 32.2. The summed E-state index contributed by atoms with van der Waals surface area (Å²) in [4.78, 5) is 15.0. The quantitative estimate of drug-likeness (QED) is 0.782. The number of anilines is 1. The molecule has 0 aliphatic carbocycles. The van der Waals surface area contributed by atoms with E-state index in [9.17, 15) is 4.79 Å². The number of carbonyl (C=O) groups excluding carboxylic acids is 1. The summed E-state index contributed by atoms with van der Waals surface area (Å²) in [5.41, 5.74) is 1.86. The third-order valence-electron chi connectivity index (χ3n) is 3.45. The number of urea groups is 1. The summed E-state index contributed by atoms with van der Waals surface area (Å²) in [6, 6.07) is 19.6. The van der Waals surface area contributed by atoms with Gasteiger partial charge < -0.3 is 10.2 Å². The zero-order chi connectivity index (χ0) is 17.4. The van der Waals surface area contributed by atoms with Gasteiger partial charge in [-0.1, -0.05) is 42.5 Å². The molecule has 4 nitrogen and oxygen atoms in total. The van der Waals surface area contributed by atoms with Crippen LogP contribution < -0.4 is 5.32 Å². The van der Waals surface area contributed by atoms with E-state index >= 15 is 0 Å². The summed E-state index contributed by atoms with van der Waals surface area (Å²) in [5.74, 6) is 0.669. The average molecular weight is 339 g/mol. The lowest BCUT2D eigenvalue weighted by Crippen LogP contribution is -2.31. The maximum atomic E-state index is 12.4. The van der Waals surface area contributed by atoms with Crippen LogP contribution in [0.2, 0.25) is 0 Å². The van der Waals surface area contributed by atoms with Gasteiger partial charge in [-0.2, -0.15) is 5.26 Å². The van der Waals surface area contributed by atoms with Gasteiger partial charge in [0, 0.05) is 24.2 Å². The Balaban J connectivity index is 1.99. The molecule has 0 saturated heterocycles. The number of nitrogens with one attached hydrogen (secondary N) is 1. The van der Waals surface area contributed by atoms with Gasteiger partial charge in [0.1, 0.15) is 0 Å². The van der Waals surface area contributed by atoms with Crippen LogP contribution in [0.3, 0.4) is 0 Å². The summed E-state index contributed by atoms with van der Waals surface area (Å²) in [6.07, 6.45) is 0. The monoisotopic (exact) mass is 339 g/mol. The fourth-order valence-electron chi connectivity index (χ4n) is 2.09. The molecule has 1 N–H and O–H groups in total. The van der Waals surface area contributed by atoms with Gasteiger partial charge in [-0.15, -0.1) is 11.8 Å². The Kier molecular flexibility index (Phi) is 6.71. The van der Waals surface area contributed by atoms with Crippen molar-refractivity contribution >= 4 is 23.5 Å². The smallest absolute Gasteiger partial charge is 0.321 e. The normalized spacial score (nSPS) is 11.4. The minimum atomic E-state index is -0.153. The first-order chi connectivity index (χ1) is 11.6. The van der Waals surface area contributed by atoms with Gasteiger partial charge in [-0.25, -0.2) is 4.79 Å². The van der Waals surface area contributed by atoms with Gasteiger partial charge in [-0.05, 0) is 24.6 Å². The number of rotatable bonds is 6. The highest BCUT2D eigenvalue weighted by Gasteiger charge is 2.12. The molecule has 1 atom stereocenters. The van der Waals surface area contributed by atoms with E-state index in [0.717, 1.165) is 16.1 Å². The van der Waals surface area contributed by atoms with Crippen LogP contribution >= 0.6 is 11.8 Å². The van der Waals surface area contributed by atoms with Crippen molar-refractivity contribution in [3.05, 3.63) is 60.2 Å². The van der Waals surface area contributed by atoms with Crippen LogP contribution in [0.15, 0.2) is 59.5 Å². The molecule has 2 amide bonds. The molecule has 124 valence electrons. The number of carbonyl (C=O) groups is 1. The summed E-state index contributed by atoms with van der Waals surface area (Å²) >= 11 is 1.58. The molecule has 5 heteroatoms. The second-order valence-electron chi connectivity index (χ2n) is 5.61. The van der Waals surface area contributed by atoms with Crippen molar-refractivity contribution in [3.8, 4) is 6.07 Å². The predicted octanol–water partition coefficient (Wildman–Crippen LogP) is 4.60. The summed E-state index contributed by atoms with van der Waals surface area (Å²) in [5, 5.41) is 11.9. The van der Waals surface area contributed by atoms with Crippen LogP contribution in [0, 0.1) is 17.2 Å². The third kappa shape index (κ3) is 5.32. The predicted molar refractivity (Wildman–Crippen MR) is 98.9 cm³/mol. The molecule has 2 aromatic rings. The van der Waals surface area contributed by atoms with Gasteiger partial charge in [0.05, 0.1) is 17.7 Å². The van der Waals surface area contributed by atoms with Crippen molar-refractivity contribution in [1.29, 1.82) is 5.26 Å². The molecule has 0 saturated carbocycles. The molecular weight excluding hydrogens is 318 g/mol. The number of nitrogens with zero attached hydrogens (tertiary/aromatic N) is 2. The van der Waals surface area contributed by atoms with Crippen LogP contribution in [0.25, 0.3) is 0 Å². The number of thioether (sulfide) groups is 1. The van der Waals surface area contributed by atoms with E-state index in [1.807, 2.05) is 61.5 Å². The highest BCUT2D eigenvalue weighted by molar-refractivity contribution is 7.99. The van der Waals surface area contributed by atoms with Crippen LogP contribution in [0.4, 0.5) is 10.5 Å². The summed E-state index contributed by atoms with van der Waals surface area (Å²) in [7, 11) is 1.77. The van der Waals surface area contributed by atoms with E-state index in [1.165, 1.54) is 0 Å². The van der Waals surface area contributed by atoms with Crippen LogP contribution in [0.5, 0.6) is 0 Å². The standard InChI is InChI=1S/C19H21N3OS/c1-15(12-20)14-24-18-11-7-6-10-17(18)21-19(23)22(2)13-16-8-4-3-5-9-16/h3-11,15H,13-14H2,1-2H3,(H,21,23). The molecule has 0 bridgehead atoms. The van der Waals surface area contributed by atoms with Crippen molar-refractivity contribution in [1.82, 2.24) is 4.90 Å². The first-order valence-electron chi connectivity index (χ1n) is 7.77. The third-order valence-corrected chi connectivity index (χ3v) is 4.78. The van der Waals surface area contributed by atoms with E-state index in [0.29, 0.717) is 12.3 Å². The van der Waals surface area contributed by atoms with Gasteiger partial charge >= 0.3 is 6.03 Å². The van der Waals surface area contributed by atoms with E-state index in [4.69, 9.17) is 5.26 Å². The minimum Gasteiger partial charge on any atom is -0.323 e. The van der Waals surface area contributed by atoms with Crippen molar-refractivity contribution < 1.29 is 4.79 Å². The number of nitriles is 1. The largest absolute Gasteiger partial charge is 0.323 e. The van der Waals surface area contributed by atoms with E-state index in [1.54, 1.807) is 23.7 Å². The fourth-order valence-corrected chi connectivity index (χ4v) is 3.04. The Hall–Kier alpha value is -2.45. The van der Waals surface area contributed by atoms with Crippen LogP contribution in [-0.2, 0) is 6.54 Å². The lowest BCUT2D eigenvalue weighted by atomic mass is 10.2. The molecule has 0 radical (unpaired) electrons. The Morgan fingerprint density at radius 1 is 1.21 bits per heavy atom. The summed E-state index contributed by atoms with van der Waals surface area (Å²) < 4.78 is 0. The second kappa shape index (κ2) is 8.99. The van der Waals surface area contributed by atoms with Crippen LogP contribution in [-0.4, -0.2) is 23.7 Å². The average Bonchev–Trinajstić information content (AvgIpc) is 2.61. The molecule has 0 heterocycles. The number of benzene rings is 2.